The third-order valence-electron chi connectivity index (χ3n) is 1.92. The lowest BCUT2D eigenvalue weighted by molar-refractivity contribution is 0.336. The summed E-state index contributed by atoms with van der Waals surface area (Å²) in [5.74, 6) is 1.47. The van der Waals surface area contributed by atoms with Crippen molar-refractivity contribution in [3.63, 3.8) is 0 Å². The second-order valence-electron chi connectivity index (χ2n) is 2.95. The predicted octanol–water partition coefficient (Wildman–Crippen LogP) is 3.91. The van der Waals surface area contributed by atoms with Gasteiger partial charge in [-0.25, -0.2) is 0 Å². The highest BCUT2D eigenvalue weighted by molar-refractivity contribution is 6.32. The summed E-state index contributed by atoms with van der Waals surface area (Å²) in [6, 6.07) is 5.81. The Kier molecular flexibility index (Phi) is 5.13. The van der Waals surface area contributed by atoms with Crippen molar-refractivity contribution in [1.82, 2.24) is 0 Å². The van der Waals surface area contributed by atoms with Gasteiger partial charge in [0, 0.05) is 5.88 Å². The van der Waals surface area contributed by atoms with E-state index in [0.717, 1.165) is 24.2 Å². The molecule has 0 radical (unpaired) electrons. The molecule has 1 aromatic carbocycles. The number of ether oxygens (including phenoxy) is 1. The molecule has 0 fully saturated rings. The van der Waals surface area contributed by atoms with E-state index in [1.807, 2.05) is 25.1 Å². The Labute approximate surface area is 95.0 Å². The zero-order valence-electron chi connectivity index (χ0n) is 8.22. The van der Waals surface area contributed by atoms with Crippen LogP contribution in [0.15, 0.2) is 18.2 Å². The van der Waals surface area contributed by atoms with Gasteiger partial charge in [0.25, 0.3) is 0 Å². The minimum atomic E-state index is 0.637. The zero-order chi connectivity index (χ0) is 10.4. The number of halogens is 2. The van der Waals surface area contributed by atoms with Gasteiger partial charge < -0.3 is 4.74 Å². The molecule has 0 heterocycles. The monoisotopic (exact) mass is 232 g/mol. The molecule has 0 bridgehead atoms. The van der Waals surface area contributed by atoms with Gasteiger partial charge in [-0.15, -0.1) is 11.6 Å². The van der Waals surface area contributed by atoms with E-state index in [-0.39, 0.29) is 0 Å². The maximum Gasteiger partial charge on any atom is 0.141 e. The molecule has 14 heavy (non-hydrogen) atoms. The fourth-order valence-corrected chi connectivity index (χ4v) is 1.70. The van der Waals surface area contributed by atoms with Crippen LogP contribution in [0.2, 0.25) is 5.02 Å². The van der Waals surface area contributed by atoms with E-state index in [9.17, 15) is 0 Å². The van der Waals surface area contributed by atoms with Crippen molar-refractivity contribution in [2.45, 2.75) is 19.8 Å². The summed E-state index contributed by atoms with van der Waals surface area (Å²) in [5.41, 5.74) is 1.14. The maximum absolute atomic E-state index is 6.03. The molecule has 1 nitrogen and oxygen atoms in total. The molecule has 0 aromatic heterocycles. The number of hydrogen-bond donors (Lipinski definition) is 0. The van der Waals surface area contributed by atoms with Gasteiger partial charge in [0.05, 0.1) is 11.6 Å². The van der Waals surface area contributed by atoms with Gasteiger partial charge in [-0.3, -0.25) is 0 Å². The van der Waals surface area contributed by atoms with Gasteiger partial charge in [0.1, 0.15) is 5.75 Å². The number of aryl methyl sites for hydroxylation is 1. The second-order valence-corrected chi connectivity index (χ2v) is 3.74. The third kappa shape index (κ3) is 3.07. The van der Waals surface area contributed by atoms with Crippen LogP contribution in [0.1, 0.15) is 18.9 Å². The summed E-state index contributed by atoms with van der Waals surface area (Å²) < 4.78 is 5.49. The topological polar surface area (TPSA) is 9.23 Å². The molecule has 0 spiro atoms. The van der Waals surface area contributed by atoms with Crippen LogP contribution in [0, 0.1) is 0 Å². The lowest BCUT2D eigenvalue weighted by atomic mass is 10.1. The minimum absolute atomic E-state index is 0.637. The molecule has 3 heteroatoms. The summed E-state index contributed by atoms with van der Waals surface area (Å²) in [4.78, 5) is 0. The van der Waals surface area contributed by atoms with Gasteiger partial charge in [0.2, 0.25) is 0 Å². The van der Waals surface area contributed by atoms with Gasteiger partial charge in [-0.2, -0.15) is 0 Å². The SMILES string of the molecule is CCOc1c(Cl)cccc1CCCCl. The van der Waals surface area contributed by atoms with Crippen molar-refractivity contribution in [2.24, 2.45) is 0 Å². The van der Waals surface area contributed by atoms with E-state index in [0.29, 0.717) is 17.5 Å². The lowest BCUT2D eigenvalue weighted by Gasteiger charge is -2.10. The molecule has 78 valence electrons. The number of para-hydroxylation sites is 1. The fraction of sp³-hybridized carbons (Fsp3) is 0.455. The average molecular weight is 233 g/mol. The van der Waals surface area contributed by atoms with E-state index < -0.39 is 0 Å². The Balaban J connectivity index is 2.83. The van der Waals surface area contributed by atoms with E-state index in [1.54, 1.807) is 0 Å². The summed E-state index contributed by atoms with van der Waals surface area (Å²) in [6.07, 6.45) is 1.86. The molecule has 1 aromatic rings. The van der Waals surface area contributed by atoms with Crippen LogP contribution in [0.5, 0.6) is 5.75 Å². The Bertz CT molecular complexity index is 287. The van der Waals surface area contributed by atoms with E-state index in [1.165, 1.54) is 0 Å². The van der Waals surface area contributed by atoms with E-state index in [2.05, 4.69) is 0 Å². The van der Waals surface area contributed by atoms with Crippen molar-refractivity contribution in [3.05, 3.63) is 28.8 Å². The van der Waals surface area contributed by atoms with Crippen molar-refractivity contribution < 1.29 is 4.74 Å². The van der Waals surface area contributed by atoms with Crippen molar-refractivity contribution in [3.8, 4) is 5.75 Å². The molecule has 0 aliphatic rings. The van der Waals surface area contributed by atoms with Gasteiger partial charge in [-0.05, 0) is 31.4 Å². The van der Waals surface area contributed by atoms with Crippen LogP contribution < -0.4 is 4.74 Å². The first-order chi connectivity index (χ1) is 6.79. The Hall–Kier alpha value is -0.400. The lowest BCUT2D eigenvalue weighted by Crippen LogP contribution is -1.98. The minimum Gasteiger partial charge on any atom is -0.492 e. The number of benzene rings is 1. The van der Waals surface area contributed by atoms with Crippen molar-refractivity contribution >= 4 is 23.2 Å². The molecular formula is C11H14Cl2O. The second kappa shape index (κ2) is 6.15. The van der Waals surface area contributed by atoms with Crippen LogP contribution in [0.25, 0.3) is 0 Å². The summed E-state index contributed by atoms with van der Waals surface area (Å²) in [7, 11) is 0. The first kappa shape index (κ1) is 11.7. The predicted molar refractivity (Wildman–Crippen MR) is 61.7 cm³/mol. The van der Waals surface area contributed by atoms with Crippen LogP contribution in [0.3, 0.4) is 0 Å². The van der Waals surface area contributed by atoms with Crippen LogP contribution in [-0.4, -0.2) is 12.5 Å². The summed E-state index contributed by atoms with van der Waals surface area (Å²) in [5, 5.41) is 0.680. The standard InChI is InChI=1S/C11H14Cl2O/c1-2-14-11-9(6-4-8-12)5-3-7-10(11)13/h3,5,7H,2,4,6,8H2,1H3. The highest BCUT2D eigenvalue weighted by atomic mass is 35.5. The van der Waals surface area contributed by atoms with Crippen LogP contribution in [0.4, 0.5) is 0 Å². The normalized spacial score (nSPS) is 10.2. The molecule has 0 unspecified atom stereocenters. The molecule has 1 rings (SSSR count). The average Bonchev–Trinajstić information content (AvgIpc) is 2.19. The molecule has 0 amide bonds. The molecular weight excluding hydrogens is 219 g/mol. The van der Waals surface area contributed by atoms with Crippen LogP contribution >= 0.6 is 23.2 Å². The summed E-state index contributed by atoms with van der Waals surface area (Å²) >= 11 is 11.7. The van der Waals surface area contributed by atoms with Gasteiger partial charge >= 0.3 is 0 Å². The summed E-state index contributed by atoms with van der Waals surface area (Å²) in [6.45, 7) is 2.59. The maximum atomic E-state index is 6.03. The van der Waals surface area contributed by atoms with Crippen LogP contribution in [-0.2, 0) is 6.42 Å². The molecule has 0 N–H and O–H groups in total. The van der Waals surface area contributed by atoms with E-state index in [4.69, 9.17) is 27.9 Å². The zero-order valence-corrected chi connectivity index (χ0v) is 9.74. The number of rotatable bonds is 5. The highest BCUT2D eigenvalue weighted by Gasteiger charge is 2.06. The molecule has 0 aliphatic heterocycles. The molecule has 0 aliphatic carbocycles. The first-order valence-corrected chi connectivity index (χ1v) is 5.67. The number of alkyl halides is 1. The fourth-order valence-electron chi connectivity index (χ4n) is 1.31. The highest BCUT2D eigenvalue weighted by Crippen LogP contribution is 2.29. The first-order valence-electron chi connectivity index (χ1n) is 4.75. The Morgan fingerprint density at radius 2 is 2.14 bits per heavy atom. The van der Waals surface area contributed by atoms with Crippen molar-refractivity contribution in [1.29, 1.82) is 0 Å². The molecule has 0 atom stereocenters. The molecule has 0 saturated heterocycles. The number of hydrogen-bond acceptors (Lipinski definition) is 1. The smallest absolute Gasteiger partial charge is 0.141 e. The third-order valence-corrected chi connectivity index (χ3v) is 2.48. The van der Waals surface area contributed by atoms with Gasteiger partial charge in [-0.1, -0.05) is 23.7 Å². The Morgan fingerprint density at radius 3 is 2.79 bits per heavy atom. The quantitative estimate of drug-likeness (QED) is 0.700. The van der Waals surface area contributed by atoms with Gasteiger partial charge in [0.15, 0.2) is 0 Å². The van der Waals surface area contributed by atoms with E-state index >= 15 is 0 Å². The molecule has 0 saturated carbocycles. The Morgan fingerprint density at radius 1 is 1.36 bits per heavy atom. The van der Waals surface area contributed by atoms with Crippen molar-refractivity contribution in [2.75, 3.05) is 12.5 Å². The largest absolute Gasteiger partial charge is 0.492 e.